The first-order valence-electron chi connectivity index (χ1n) is 6.83. The number of hydrogen-bond acceptors (Lipinski definition) is 4. The van der Waals surface area contributed by atoms with Crippen molar-refractivity contribution in [2.24, 2.45) is 0 Å². The lowest BCUT2D eigenvalue weighted by molar-refractivity contribution is 0.310. The maximum atomic E-state index is 5.96. The molecule has 1 aromatic heterocycles. The van der Waals surface area contributed by atoms with Gasteiger partial charge in [0.15, 0.2) is 0 Å². The van der Waals surface area contributed by atoms with E-state index in [2.05, 4.69) is 15.6 Å². The van der Waals surface area contributed by atoms with Gasteiger partial charge in [-0.3, -0.25) is 0 Å². The van der Waals surface area contributed by atoms with Crippen molar-refractivity contribution in [3.05, 3.63) is 17.8 Å². The molecule has 2 fully saturated rings. The zero-order chi connectivity index (χ0) is 11.5. The van der Waals surface area contributed by atoms with E-state index in [0.29, 0.717) is 12.0 Å². The zero-order valence-corrected chi connectivity index (χ0v) is 10.2. The van der Waals surface area contributed by atoms with Gasteiger partial charge in [0.2, 0.25) is 5.89 Å². The Hall–Kier alpha value is -0.870. The highest BCUT2D eigenvalue weighted by atomic mass is 16.4. The Morgan fingerprint density at radius 3 is 2.76 bits per heavy atom. The van der Waals surface area contributed by atoms with Gasteiger partial charge in [-0.25, -0.2) is 4.98 Å². The van der Waals surface area contributed by atoms with Crippen LogP contribution in [0.1, 0.15) is 55.7 Å². The third-order valence-electron chi connectivity index (χ3n) is 3.89. The molecule has 2 aliphatic heterocycles. The van der Waals surface area contributed by atoms with E-state index in [-0.39, 0.29) is 0 Å². The third kappa shape index (κ3) is 2.53. The van der Waals surface area contributed by atoms with Gasteiger partial charge in [-0.15, -0.1) is 0 Å². The Kier molecular flexibility index (Phi) is 3.43. The summed E-state index contributed by atoms with van der Waals surface area (Å²) in [6.07, 6.45) is 8.01. The molecule has 0 bridgehead atoms. The minimum Gasteiger partial charge on any atom is -0.444 e. The van der Waals surface area contributed by atoms with Gasteiger partial charge in [-0.2, -0.15) is 0 Å². The molecule has 17 heavy (non-hydrogen) atoms. The molecule has 0 saturated carbocycles. The smallest absolute Gasteiger partial charge is 0.211 e. The van der Waals surface area contributed by atoms with E-state index in [1.54, 1.807) is 0 Å². The van der Waals surface area contributed by atoms with Gasteiger partial charge >= 0.3 is 0 Å². The second-order valence-corrected chi connectivity index (χ2v) is 5.13. The number of oxazole rings is 1. The SMILES string of the molecule is c1nc(C2CCCCN2)oc1C1CCNCC1. The lowest BCUT2D eigenvalue weighted by atomic mass is 9.96. The fourth-order valence-corrected chi connectivity index (χ4v) is 2.82. The molecule has 0 radical (unpaired) electrons. The van der Waals surface area contributed by atoms with Crippen LogP contribution in [0.15, 0.2) is 10.6 Å². The normalized spacial score (nSPS) is 27.2. The second-order valence-electron chi connectivity index (χ2n) is 5.13. The quantitative estimate of drug-likeness (QED) is 0.822. The first-order chi connectivity index (χ1) is 8.43. The topological polar surface area (TPSA) is 50.1 Å². The third-order valence-corrected chi connectivity index (χ3v) is 3.89. The van der Waals surface area contributed by atoms with Crippen molar-refractivity contribution in [3.63, 3.8) is 0 Å². The first-order valence-corrected chi connectivity index (χ1v) is 6.83. The van der Waals surface area contributed by atoms with Crippen molar-refractivity contribution in [1.82, 2.24) is 15.6 Å². The van der Waals surface area contributed by atoms with Crippen LogP contribution in [-0.4, -0.2) is 24.6 Å². The number of nitrogens with zero attached hydrogens (tertiary/aromatic N) is 1. The second kappa shape index (κ2) is 5.19. The Labute approximate surface area is 102 Å². The van der Waals surface area contributed by atoms with Gasteiger partial charge in [0.05, 0.1) is 12.2 Å². The molecule has 1 aromatic rings. The van der Waals surface area contributed by atoms with Crippen molar-refractivity contribution >= 4 is 0 Å². The van der Waals surface area contributed by atoms with Crippen molar-refractivity contribution in [2.75, 3.05) is 19.6 Å². The highest BCUT2D eigenvalue weighted by Gasteiger charge is 2.23. The van der Waals surface area contributed by atoms with Crippen LogP contribution < -0.4 is 10.6 Å². The lowest BCUT2D eigenvalue weighted by Crippen LogP contribution is -2.27. The van der Waals surface area contributed by atoms with Crippen LogP contribution in [0.25, 0.3) is 0 Å². The van der Waals surface area contributed by atoms with Crippen LogP contribution in [-0.2, 0) is 0 Å². The molecule has 3 rings (SSSR count). The molecule has 2 N–H and O–H groups in total. The number of hydrogen-bond donors (Lipinski definition) is 2. The van der Waals surface area contributed by atoms with Crippen molar-refractivity contribution in [1.29, 1.82) is 0 Å². The summed E-state index contributed by atoms with van der Waals surface area (Å²) in [5.74, 6) is 2.56. The first kappa shape index (κ1) is 11.2. The average molecular weight is 235 g/mol. The molecule has 1 unspecified atom stereocenters. The lowest BCUT2D eigenvalue weighted by Gasteiger charge is -2.21. The standard InChI is InChI=1S/C13H21N3O/c1-2-6-15-11(3-1)13-16-9-12(17-13)10-4-7-14-8-5-10/h9-11,14-15H,1-8H2. The number of rotatable bonds is 2. The van der Waals surface area contributed by atoms with E-state index >= 15 is 0 Å². The number of piperidine rings is 2. The maximum Gasteiger partial charge on any atom is 0.211 e. The summed E-state index contributed by atoms with van der Waals surface area (Å²) in [6, 6.07) is 0.346. The summed E-state index contributed by atoms with van der Waals surface area (Å²) in [7, 11) is 0. The van der Waals surface area contributed by atoms with Crippen LogP contribution in [0, 0.1) is 0 Å². The monoisotopic (exact) mass is 235 g/mol. The molecule has 4 nitrogen and oxygen atoms in total. The van der Waals surface area contributed by atoms with Crippen molar-refractivity contribution in [2.45, 2.75) is 44.1 Å². The van der Waals surface area contributed by atoms with Gasteiger partial charge in [0.25, 0.3) is 0 Å². The van der Waals surface area contributed by atoms with E-state index in [1.165, 1.54) is 25.7 Å². The van der Waals surface area contributed by atoms with Gasteiger partial charge in [-0.1, -0.05) is 6.42 Å². The predicted molar refractivity (Wildman–Crippen MR) is 65.9 cm³/mol. The highest BCUT2D eigenvalue weighted by molar-refractivity contribution is 5.05. The highest BCUT2D eigenvalue weighted by Crippen LogP contribution is 2.29. The molecule has 0 amide bonds. The van der Waals surface area contributed by atoms with E-state index in [0.717, 1.165) is 37.7 Å². The van der Waals surface area contributed by atoms with Gasteiger partial charge in [0, 0.05) is 5.92 Å². The minimum atomic E-state index is 0.346. The summed E-state index contributed by atoms with van der Waals surface area (Å²) in [6.45, 7) is 3.29. The van der Waals surface area contributed by atoms with E-state index < -0.39 is 0 Å². The minimum absolute atomic E-state index is 0.346. The summed E-state index contributed by atoms with van der Waals surface area (Å²) < 4.78 is 5.96. The Morgan fingerprint density at radius 1 is 1.12 bits per heavy atom. The molecule has 4 heteroatoms. The maximum absolute atomic E-state index is 5.96. The average Bonchev–Trinajstić information content (AvgIpc) is 2.90. The van der Waals surface area contributed by atoms with Crippen LogP contribution in [0.5, 0.6) is 0 Å². The van der Waals surface area contributed by atoms with Crippen molar-refractivity contribution < 1.29 is 4.42 Å². The van der Waals surface area contributed by atoms with Gasteiger partial charge < -0.3 is 15.1 Å². The van der Waals surface area contributed by atoms with Gasteiger partial charge in [0.1, 0.15) is 5.76 Å². The summed E-state index contributed by atoms with van der Waals surface area (Å²) in [5.41, 5.74) is 0. The van der Waals surface area contributed by atoms with Crippen LogP contribution in [0.4, 0.5) is 0 Å². The van der Waals surface area contributed by atoms with Crippen LogP contribution in [0.2, 0.25) is 0 Å². The molecular weight excluding hydrogens is 214 g/mol. The largest absolute Gasteiger partial charge is 0.444 e. The van der Waals surface area contributed by atoms with E-state index in [1.807, 2.05) is 6.20 Å². The molecule has 0 aromatic carbocycles. The fourth-order valence-electron chi connectivity index (χ4n) is 2.82. The van der Waals surface area contributed by atoms with Crippen LogP contribution in [0.3, 0.4) is 0 Å². The van der Waals surface area contributed by atoms with E-state index in [4.69, 9.17) is 4.42 Å². The predicted octanol–water partition coefficient (Wildman–Crippen LogP) is 1.96. The van der Waals surface area contributed by atoms with Crippen molar-refractivity contribution in [3.8, 4) is 0 Å². The van der Waals surface area contributed by atoms with Crippen LogP contribution >= 0.6 is 0 Å². The molecule has 2 aliphatic rings. The molecular formula is C13H21N3O. The Morgan fingerprint density at radius 2 is 2.00 bits per heavy atom. The number of nitrogens with one attached hydrogen (secondary N) is 2. The Bertz CT molecular complexity index is 319. The molecule has 1 atom stereocenters. The van der Waals surface area contributed by atoms with Gasteiger partial charge in [-0.05, 0) is 45.3 Å². The molecule has 3 heterocycles. The molecule has 2 saturated heterocycles. The Balaban J connectivity index is 1.68. The molecule has 94 valence electrons. The zero-order valence-electron chi connectivity index (χ0n) is 10.2. The molecule has 0 aliphatic carbocycles. The number of aromatic nitrogens is 1. The fraction of sp³-hybridized carbons (Fsp3) is 0.769. The van der Waals surface area contributed by atoms with E-state index in [9.17, 15) is 0 Å². The summed E-state index contributed by atoms with van der Waals surface area (Å²) in [5, 5.41) is 6.86. The summed E-state index contributed by atoms with van der Waals surface area (Å²) in [4.78, 5) is 4.47. The molecule has 0 spiro atoms. The summed E-state index contributed by atoms with van der Waals surface area (Å²) >= 11 is 0.